The maximum Gasteiger partial charge on any atom is 0.302 e. The van der Waals surface area contributed by atoms with E-state index in [1.54, 1.807) is 17.1 Å². The van der Waals surface area contributed by atoms with Crippen molar-refractivity contribution in [1.82, 2.24) is 19.5 Å². The molecule has 1 fully saturated rings. The predicted molar refractivity (Wildman–Crippen MR) is 89.3 cm³/mol. The van der Waals surface area contributed by atoms with E-state index in [9.17, 15) is 9.59 Å². The summed E-state index contributed by atoms with van der Waals surface area (Å²) in [6.45, 7) is 2.92. The van der Waals surface area contributed by atoms with E-state index in [4.69, 9.17) is 26.8 Å². The van der Waals surface area contributed by atoms with Gasteiger partial charge >= 0.3 is 11.9 Å². The summed E-state index contributed by atoms with van der Waals surface area (Å²) in [4.78, 5) is 34.4. The van der Waals surface area contributed by atoms with Gasteiger partial charge in [0.05, 0.1) is 5.41 Å². The lowest BCUT2D eigenvalue weighted by atomic mass is 10.1. The Balaban J connectivity index is 1.90. The van der Waals surface area contributed by atoms with Gasteiger partial charge in [-0.25, -0.2) is 4.98 Å². The molecule has 2 heterocycles. The van der Waals surface area contributed by atoms with Crippen LogP contribution < -0.4 is 5.73 Å². The fourth-order valence-corrected chi connectivity index (χ4v) is 2.69. The number of nitrogens with two attached hydrogens (primary N) is 1. The molecule has 0 radical (unpaired) electrons. The van der Waals surface area contributed by atoms with Crippen LogP contribution in [0.15, 0.2) is 11.9 Å². The SMILES string of the molecule is CC(=O)OCC1(COC(C)=O)C/C1=C/n1cnc2c(Cl)nc(N)nc21. The van der Waals surface area contributed by atoms with Gasteiger partial charge in [0.1, 0.15) is 25.1 Å². The first-order chi connectivity index (χ1) is 11.8. The van der Waals surface area contributed by atoms with Crippen molar-refractivity contribution in [1.29, 1.82) is 0 Å². The van der Waals surface area contributed by atoms with Crippen LogP contribution in [0.4, 0.5) is 5.95 Å². The number of hydrogen-bond donors (Lipinski definition) is 1. The van der Waals surface area contributed by atoms with Gasteiger partial charge in [-0.05, 0) is 12.0 Å². The summed E-state index contributed by atoms with van der Waals surface area (Å²) in [6, 6.07) is 0. The molecule has 2 aromatic heterocycles. The Kier molecular flexibility index (Phi) is 4.34. The largest absolute Gasteiger partial charge is 0.465 e. The van der Waals surface area contributed by atoms with Gasteiger partial charge in [0, 0.05) is 20.0 Å². The number of imidazole rings is 1. The van der Waals surface area contributed by atoms with E-state index >= 15 is 0 Å². The van der Waals surface area contributed by atoms with Crippen molar-refractivity contribution < 1.29 is 19.1 Å². The lowest BCUT2D eigenvalue weighted by Crippen LogP contribution is -2.21. The van der Waals surface area contributed by atoms with E-state index in [2.05, 4.69) is 15.0 Å². The van der Waals surface area contributed by atoms with Gasteiger partial charge in [0.25, 0.3) is 0 Å². The van der Waals surface area contributed by atoms with Crippen LogP contribution in [0.2, 0.25) is 5.15 Å². The first-order valence-electron chi connectivity index (χ1n) is 7.44. The van der Waals surface area contributed by atoms with Crippen molar-refractivity contribution in [3.8, 4) is 0 Å². The lowest BCUT2D eigenvalue weighted by Gasteiger charge is -2.14. The number of esters is 2. The van der Waals surface area contributed by atoms with Gasteiger partial charge in [0.15, 0.2) is 10.8 Å². The fourth-order valence-electron chi connectivity index (χ4n) is 2.47. The Morgan fingerprint density at radius 2 is 1.96 bits per heavy atom. The third-order valence-electron chi connectivity index (χ3n) is 3.88. The molecule has 0 bridgehead atoms. The van der Waals surface area contributed by atoms with Crippen molar-refractivity contribution in [3.63, 3.8) is 0 Å². The summed E-state index contributed by atoms with van der Waals surface area (Å²) in [6.07, 6.45) is 3.95. The van der Waals surface area contributed by atoms with Crippen LogP contribution in [0.3, 0.4) is 0 Å². The van der Waals surface area contributed by atoms with Crippen LogP contribution in [0.5, 0.6) is 0 Å². The zero-order chi connectivity index (χ0) is 18.2. The third kappa shape index (κ3) is 3.55. The molecular formula is C15H16ClN5O4. The van der Waals surface area contributed by atoms with Gasteiger partial charge < -0.3 is 15.2 Å². The molecule has 2 aromatic rings. The van der Waals surface area contributed by atoms with E-state index in [1.807, 2.05) is 0 Å². The first kappa shape index (κ1) is 17.2. The van der Waals surface area contributed by atoms with Crippen LogP contribution in [0, 0.1) is 5.41 Å². The zero-order valence-corrected chi connectivity index (χ0v) is 14.4. The summed E-state index contributed by atoms with van der Waals surface area (Å²) in [7, 11) is 0. The highest BCUT2D eigenvalue weighted by molar-refractivity contribution is 6.33. The fraction of sp³-hybridized carbons (Fsp3) is 0.400. The van der Waals surface area contributed by atoms with Crippen LogP contribution >= 0.6 is 11.6 Å². The topological polar surface area (TPSA) is 122 Å². The number of ether oxygens (including phenoxy) is 2. The number of halogens is 1. The number of carbonyl (C=O) groups is 2. The first-order valence-corrected chi connectivity index (χ1v) is 7.82. The van der Waals surface area contributed by atoms with E-state index in [-0.39, 0.29) is 24.3 Å². The number of aromatic nitrogens is 4. The zero-order valence-electron chi connectivity index (χ0n) is 13.7. The van der Waals surface area contributed by atoms with Crippen LogP contribution in [0.1, 0.15) is 20.3 Å². The molecule has 1 aliphatic rings. The van der Waals surface area contributed by atoms with Crippen molar-refractivity contribution in [2.45, 2.75) is 20.3 Å². The van der Waals surface area contributed by atoms with Crippen molar-refractivity contribution in [2.24, 2.45) is 5.41 Å². The number of nitrogen functional groups attached to an aromatic ring is 1. The molecule has 9 nitrogen and oxygen atoms in total. The van der Waals surface area contributed by atoms with Gasteiger partial charge in [-0.3, -0.25) is 14.2 Å². The Morgan fingerprint density at radius 3 is 2.56 bits per heavy atom. The van der Waals surface area contributed by atoms with E-state index < -0.39 is 17.4 Å². The Bertz CT molecular complexity index is 873. The van der Waals surface area contributed by atoms with Crippen LogP contribution in [0.25, 0.3) is 17.4 Å². The number of anilines is 1. The highest BCUT2D eigenvalue weighted by atomic mass is 35.5. The van der Waals surface area contributed by atoms with E-state index in [0.29, 0.717) is 17.6 Å². The molecule has 0 atom stereocenters. The van der Waals surface area contributed by atoms with Gasteiger partial charge in [-0.1, -0.05) is 11.6 Å². The highest BCUT2D eigenvalue weighted by Crippen LogP contribution is 2.53. The van der Waals surface area contributed by atoms with Crippen molar-refractivity contribution in [3.05, 3.63) is 17.1 Å². The summed E-state index contributed by atoms with van der Waals surface area (Å²) in [5.41, 5.74) is 6.93. The number of fused-ring (bicyclic) bond motifs is 1. The number of rotatable bonds is 5. The minimum Gasteiger partial charge on any atom is -0.465 e. The van der Waals surface area contributed by atoms with Gasteiger partial charge in [-0.15, -0.1) is 0 Å². The predicted octanol–water partition coefficient (Wildman–Crippen LogP) is 1.42. The average molecular weight is 366 g/mol. The summed E-state index contributed by atoms with van der Waals surface area (Å²) in [5, 5.41) is 0.168. The highest BCUT2D eigenvalue weighted by Gasteiger charge is 2.51. The molecule has 1 saturated carbocycles. The van der Waals surface area contributed by atoms with Crippen LogP contribution in [-0.4, -0.2) is 44.7 Å². The second-order valence-corrected chi connectivity index (χ2v) is 6.23. The summed E-state index contributed by atoms with van der Waals surface area (Å²) < 4.78 is 11.9. The molecule has 0 aliphatic heterocycles. The molecule has 0 unspecified atom stereocenters. The molecule has 3 rings (SSSR count). The van der Waals surface area contributed by atoms with E-state index in [1.165, 1.54) is 13.8 Å². The minimum atomic E-state index is -0.531. The molecule has 2 N–H and O–H groups in total. The Morgan fingerprint density at radius 1 is 1.32 bits per heavy atom. The standard InChI is InChI=1S/C15H16ClN5O4/c1-8(22)24-5-15(6-25-9(2)23)3-10(15)4-21-7-18-11-12(16)19-14(17)20-13(11)21/h4,7H,3,5-6H2,1-2H3,(H2,17,19,20)/b10-4-. The average Bonchev–Trinajstić information content (AvgIpc) is 3.05. The minimum absolute atomic E-state index is 0.0412. The quantitative estimate of drug-likeness (QED) is 0.623. The van der Waals surface area contributed by atoms with Gasteiger partial charge in [-0.2, -0.15) is 9.97 Å². The Labute approximate surface area is 147 Å². The number of carbonyl (C=O) groups excluding carboxylic acids is 2. The maximum atomic E-state index is 11.1. The molecule has 0 amide bonds. The maximum absolute atomic E-state index is 11.1. The van der Waals surface area contributed by atoms with Gasteiger partial charge in [0.2, 0.25) is 5.95 Å². The summed E-state index contributed by atoms with van der Waals surface area (Å²) in [5.74, 6) is -0.748. The summed E-state index contributed by atoms with van der Waals surface area (Å²) >= 11 is 6.01. The molecule has 0 aromatic carbocycles. The van der Waals surface area contributed by atoms with Crippen molar-refractivity contribution in [2.75, 3.05) is 18.9 Å². The normalized spacial score (nSPS) is 16.8. The van der Waals surface area contributed by atoms with E-state index in [0.717, 1.165) is 5.57 Å². The second kappa shape index (κ2) is 6.32. The number of hydrogen-bond acceptors (Lipinski definition) is 8. The molecule has 1 aliphatic carbocycles. The third-order valence-corrected chi connectivity index (χ3v) is 4.14. The van der Waals surface area contributed by atoms with Crippen molar-refractivity contribution >= 4 is 46.9 Å². The lowest BCUT2D eigenvalue weighted by molar-refractivity contribution is -0.146. The monoisotopic (exact) mass is 365 g/mol. The Hall–Kier alpha value is -2.68. The van der Waals surface area contributed by atoms with Crippen LogP contribution in [-0.2, 0) is 19.1 Å². The molecule has 0 saturated heterocycles. The second-order valence-electron chi connectivity index (χ2n) is 5.87. The molecule has 0 spiro atoms. The molecular weight excluding hydrogens is 350 g/mol. The molecule has 10 heteroatoms. The molecule has 132 valence electrons. The molecule has 25 heavy (non-hydrogen) atoms. The smallest absolute Gasteiger partial charge is 0.302 e. The number of nitrogens with zero attached hydrogens (tertiary/aromatic N) is 4.